The van der Waals surface area contributed by atoms with Crippen molar-refractivity contribution in [1.82, 2.24) is 0 Å². The lowest BCUT2D eigenvalue weighted by Crippen LogP contribution is -2.32. The molecule has 172 valence electrons. The smallest absolute Gasteiger partial charge is 0.389 e. The molecule has 1 N–H and O–H groups in total. The van der Waals surface area contributed by atoms with E-state index in [1.807, 2.05) is 0 Å². The molecule has 0 radical (unpaired) electrons. The lowest BCUT2D eigenvalue weighted by atomic mass is 10.2. The van der Waals surface area contributed by atoms with E-state index < -0.39 is 44.9 Å². The van der Waals surface area contributed by atoms with Crippen LogP contribution >= 0.6 is 27.3 Å². The van der Waals surface area contributed by atoms with Crippen molar-refractivity contribution in [1.29, 1.82) is 0 Å². The summed E-state index contributed by atoms with van der Waals surface area (Å²) in [6, 6.07) is 9.40. The molecule has 0 saturated heterocycles. The maximum atomic E-state index is 14.6. The van der Waals surface area contributed by atoms with Crippen molar-refractivity contribution >= 4 is 58.3 Å². The molecular weight excluding hydrogens is 538 g/mol. The van der Waals surface area contributed by atoms with Gasteiger partial charge in [0, 0.05) is 23.1 Å². The number of nitrogens with zero attached hydrogens (tertiary/aromatic N) is 1. The molecule has 0 bridgehead atoms. The van der Waals surface area contributed by atoms with Gasteiger partial charge in [0.05, 0.1) is 10.0 Å². The number of thiophene rings is 1. The molecule has 0 atom stereocenters. The highest BCUT2D eigenvalue weighted by Crippen LogP contribution is 2.44. The summed E-state index contributed by atoms with van der Waals surface area (Å²) in [5, 5.41) is 9.89. The van der Waals surface area contributed by atoms with Gasteiger partial charge in [-0.1, -0.05) is 18.2 Å². The van der Waals surface area contributed by atoms with Crippen molar-refractivity contribution in [3.63, 3.8) is 0 Å². The van der Waals surface area contributed by atoms with Crippen LogP contribution in [0.3, 0.4) is 0 Å². The standard InChI is InChI=1S/C20H16BrF4NO4S2/c21-17-13-5-1-2-6-15(13)31-18(17)26(10-4-3-9-20(23,24)25)32(29,30)16-8-7-12(19(27)28)11-14(16)22/h1-2,5-8,11H,3-4,9-10H2,(H,27,28). The summed E-state index contributed by atoms with van der Waals surface area (Å²) in [6.45, 7) is -0.316. The van der Waals surface area contributed by atoms with Gasteiger partial charge in [-0.05, 0) is 53.0 Å². The molecule has 12 heteroatoms. The van der Waals surface area contributed by atoms with E-state index in [0.717, 1.165) is 32.5 Å². The molecule has 1 heterocycles. The molecule has 2 aromatic carbocycles. The summed E-state index contributed by atoms with van der Waals surface area (Å²) >= 11 is 4.45. The average molecular weight is 554 g/mol. The molecule has 3 rings (SSSR count). The number of hydrogen-bond acceptors (Lipinski definition) is 4. The minimum atomic E-state index is -4.55. The Morgan fingerprint density at radius 1 is 1.12 bits per heavy atom. The van der Waals surface area contributed by atoms with Crippen LogP contribution in [-0.2, 0) is 10.0 Å². The molecule has 32 heavy (non-hydrogen) atoms. The van der Waals surface area contributed by atoms with Crippen LogP contribution in [0, 0.1) is 5.82 Å². The van der Waals surface area contributed by atoms with E-state index in [4.69, 9.17) is 5.11 Å². The predicted octanol–water partition coefficient (Wildman–Crippen LogP) is 6.43. The van der Waals surface area contributed by atoms with Crippen molar-refractivity contribution in [2.75, 3.05) is 10.8 Å². The number of aromatic carboxylic acids is 1. The molecule has 0 aliphatic carbocycles. The lowest BCUT2D eigenvalue weighted by Gasteiger charge is -2.24. The Kier molecular flexibility index (Phi) is 7.15. The van der Waals surface area contributed by atoms with Gasteiger partial charge in [0.1, 0.15) is 15.7 Å². The first-order valence-corrected chi connectivity index (χ1v) is 12.3. The Hall–Kier alpha value is -2.18. The number of halogens is 5. The van der Waals surface area contributed by atoms with E-state index in [-0.39, 0.29) is 24.4 Å². The number of carboxylic acid groups (broad SMARTS) is 1. The molecule has 0 spiro atoms. The SMILES string of the molecule is O=C(O)c1ccc(S(=O)(=O)N(CCCCC(F)(F)F)c2sc3ccccc3c2Br)c(F)c1. The number of alkyl halides is 3. The number of hydrogen-bond donors (Lipinski definition) is 1. The number of sulfonamides is 1. The minimum absolute atomic E-state index is 0.117. The second kappa shape index (κ2) is 9.36. The number of carboxylic acids is 1. The zero-order valence-corrected chi connectivity index (χ0v) is 19.4. The molecule has 0 aliphatic heterocycles. The first kappa shape index (κ1) is 24.5. The van der Waals surface area contributed by atoms with E-state index in [1.54, 1.807) is 24.3 Å². The normalized spacial score (nSPS) is 12.3. The summed E-state index contributed by atoms with van der Waals surface area (Å²) < 4.78 is 80.9. The number of fused-ring (bicyclic) bond motifs is 1. The van der Waals surface area contributed by atoms with Gasteiger partial charge in [0.2, 0.25) is 0 Å². The van der Waals surface area contributed by atoms with E-state index in [0.29, 0.717) is 15.9 Å². The maximum absolute atomic E-state index is 14.6. The van der Waals surface area contributed by atoms with Crippen LogP contribution in [0.5, 0.6) is 0 Å². The first-order valence-electron chi connectivity index (χ1n) is 9.21. The summed E-state index contributed by atoms with van der Waals surface area (Å²) in [4.78, 5) is 10.3. The third-order valence-corrected chi connectivity index (χ3v) is 8.77. The first-order chi connectivity index (χ1) is 14.9. The fourth-order valence-corrected chi connectivity index (χ4v) is 6.98. The van der Waals surface area contributed by atoms with Crippen molar-refractivity contribution in [2.24, 2.45) is 0 Å². The highest BCUT2D eigenvalue weighted by molar-refractivity contribution is 9.10. The largest absolute Gasteiger partial charge is 0.478 e. The number of unbranched alkanes of at least 4 members (excludes halogenated alkanes) is 1. The number of benzene rings is 2. The summed E-state index contributed by atoms with van der Waals surface area (Å²) in [5.41, 5.74) is -0.429. The van der Waals surface area contributed by atoms with Crippen LogP contribution in [-0.4, -0.2) is 32.2 Å². The molecule has 0 saturated carbocycles. The molecule has 0 unspecified atom stereocenters. The second-order valence-electron chi connectivity index (χ2n) is 6.82. The van der Waals surface area contributed by atoms with Crippen LogP contribution in [0.2, 0.25) is 0 Å². The minimum Gasteiger partial charge on any atom is -0.478 e. The quantitative estimate of drug-likeness (QED) is 0.257. The van der Waals surface area contributed by atoms with E-state index in [1.165, 1.54) is 0 Å². The Balaban J connectivity index is 2.05. The lowest BCUT2D eigenvalue weighted by molar-refractivity contribution is -0.135. The Morgan fingerprint density at radius 2 is 1.81 bits per heavy atom. The van der Waals surface area contributed by atoms with Crippen LogP contribution < -0.4 is 4.31 Å². The van der Waals surface area contributed by atoms with Gasteiger partial charge >= 0.3 is 12.1 Å². The van der Waals surface area contributed by atoms with Crippen LogP contribution in [0.1, 0.15) is 29.6 Å². The van der Waals surface area contributed by atoms with Crippen molar-refractivity contribution < 1.29 is 35.9 Å². The fraction of sp³-hybridized carbons (Fsp3) is 0.250. The predicted molar refractivity (Wildman–Crippen MR) is 117 cm³/mol. The summed E-state index contributed by atoms with van der Waals surface area (Å²) in [5.74, 6) is -2.69. The fourth-order valence-electron chi connectivity index (χ4n) is 3.04. The zero-order chi connectivity index (χ0) is 23.7. The Bertz CT molecular complexity index is 1260. The highest BCUT2D eigenvalue weighted by Gasteiger charge is 2.32. The van der Waals surface area contributed by atoms with Crippen LogP contribution in [0.15, 0.2) is 51.8 Å². The van der Waals surface area contributed by atoms with E-state index in [2.05, 4.69) is 15.9 Å². The molecule has 3 aromatic rings. The third-order valence-electron chi connectivity index (χ3n) is 4.56. The van der Waals surface area contributed by atoms with Gasteiger partial charge in [0.25, 0.3) is 10.0 Å². The zero-order valence-electron chi connectivity index (χ0n) is 16.2. The van der Waals surface area contributed by atoms with Crippen LogP contribution in [0.25, 0.3) is 10.1 Å². The maximum Gasteiger partial charge on any atom is 0.389 e. The Labute approximate surface area is 193 Å². The third kappa shape index (κ3) is 5.24. The molecule has 5 nitrogen and oxygen atoms in total. The molecular formula is C20H16BrF4NO4S2. The van der Waals surface area contributed by atoms with E-state index in [9.17, 15) is 30.8 Å². The molecule has 1 aromatic heterocycles. The summed E-state index contributed by atoms with van der Waals surface area (Å²) in [7, 11) is -4.55. The van der Waals surface area contributed by atoms with Crippen molar-refractivity contribution in [3.05, 3.63) is 58.3 Å². The number of anilines is 1. The van der Waals surface area contributed by atoms with Crippen LogP contribution in [0.4, 0.5) is 22.6 Å². The molecule has 0 amide bonds. The number of rotatable bonds is 8. The molecule has 0 aliphatic rings. The number of carbonyl (C=O) groups is 1. The van der Waals surface area contributed by atoms with Gasteiger partial charge in [0.15, 0.2) is 0 Å². The topological polar surface area (TPSA) is 74.7 Å². The average Bonchev–Trinajstić information content (AvgIpc) is 3.03. The molecule has 0 fully saturated rings. The van der Waals surface area contributed by atoms with Gasteiger partial charge < -0.3 is 5.11 Å². The van der Waals surface area contributed by atoms with Crippen molar-refractivity contribution in [2.45, 2.75) is 30.3 Å². The van der Waals surface area contributed by atoms with Gasteiger partial charge in [-0.3, -0.25) is 4.31 Å². The van der Waals surface area contributed by atoms with Gasteiger partial charge in [-0.2, -0.15) is 13.2 Å². The van der Waals surface area contributed by atoms with Gasteiger partial charge in [-0.25, -0.2) is 17.6 Å². The highest BCUT2D eigenvalue weighted by atomic mass is 79.9. The van der Waals surface area contributed by atoms with E-state index >= 15 is 0 Å². The summed E-state index contributed by atoms with van der Waals surface area (Å²) in [6.07, 6.45) is -5.87. The second-order valence-corrected chi connectivity index (χ2v) is 10.5. The van der Waals surface area contributed by atoms with Crippen molar-refractivity contribution in [3.8, 4) is 0 Å². The monoisotopic (exact) mass is 553 g/mol. The Morgan fingerprint density at radius 3 is 2.41 bits per heavy atom. The van der Waals surface area contributed by atoms with Gasteiger partial charge in [-0.15, -0.1) is 11.3 Å².